The molecule has 0 atom stereocenters. The molecule has 1 aromatic heterocycles. The van der Waals surface area contributed by atoms with Crippen LogP contribution in [0.5, 0.6) is 0 Å². The van der Waals surface area contributed by atoms with E-state index in [1.807, 2.05) is 23.1 Å². The van der Waals surface area contributed by atoms with Crippen molar-refractivity contribution in [2.75, 3.05) is 19.6 Å². The highest BCUT2D eigenvalue weighted by molar-refractivity contribution is 6.31. The maximum Gasteiger partial charge on any atom is 0.246 e. The fraction of sp³-hybridized carbons (Fsp3) is 0.333. The Balaban J connectivity index is 1.38. The summed E-state index contributed by atoms with van der Waals surface area (Å²) in [6.45, 7) is 2.03. The highest BCUT2D eigenvalue weighted by atomic mass is 35.5. The van der Waals surface area contributed by atoms with Gasteiger partial charge >= 0.3 is 0 Å². The lowest BCUT2D eigenvalue weighted by Gasteiger charge is -2.31. The molecule has 1 fully saturated rings. The fourth-order valence-corrected chi connectivity index (χ4v) is 3.34. The van der Waals surface area contributed by atoms with Gasteiger partial charge in [0, 0.05) is 30.7 Å². The molecule has 3 rings (SSSR count). The third-order valence-electron chi connectivity index (χ3n) is 4.76. The van der Waals surface area contributed by atoms with E-state index in [0.29, 0.717) is 36.3 Å². The number of nitrogens with zero attached hydrogens (tertiary/aromatic N) is 1. The Hall–Kier alpha value is -2.53. The highest BCUT2D eigenvalue weighted by Crippen LogP contribution is 2.18. The van der Waals surface area contributed by atoms with Crippen molar-refractivity contribution in [2.24, 2.45) is 5.92 Å². The van der Waals surface area contributed by atoms with Gasteiger partial charge in [0.05, 0.1) is 12.7 Å². The Morgan fingerprint density at radius 1 is 1.19 bits per heavy atom. The molecule has 1 aliphatic heterocycles. The van der Waals surface area contributed by atoms with Gasteiger partial charge in [0.1, 0.15) is 5.76 Å². The molecule has 1 aliphatic rings. The third-order valence-corrected chi connectivity index (χ3v) is 5.13. The van der Waals surface area contributed by atoms with Gasteiger partial charge in [0.2, 0.25) is 11.8 Å². The number of nitrogens with one attached hydrogen (secondary N) is 1. The summed E-state index contributed by atoms with van der Waals surface area (Å²) in [7, 11) is 0. The largest absolute Gasteiger partial charge is 0.465 e. The predicted molar refractivity (Wildman–Crippen MR) is 105 cm³/mol. The molecule has 142 valence electrons. The SMILES string of the molecule is O=C(Cc1ccccc1Cl)NCC1CCN(C(=O)C=Cc2ccco2)CC1. The van der Waals surface area contributed by atoms with Crippen molar-refractivity contribution in [1.82, 2.24) is 10.2 Å². The zero-order valence-corrected chi connectivity index (χ0v) is 15.8. The molecule has 27 heavy (non-hydrogen) atoms. The number of piperidine rings is 1. The fourth-order valence-electron chi connectivity index (χ4n) is 3.14. The van der Waals surface area contributed by atoms with Gasteiger partial charge in [-0.15, -0.1) is 0 Å². The minimum atomic E-state index is -0.0250. The van der Waals surface area contributed by atoms with Crippen molar-refractivity contribution in [3.8, 4) is 0 Å². The number of furan rings is 1. The van der Waals surface area contributed by atoms with Crippen molar-refractivity contribution >= 4 is 29.5 Å². The van der Waals surface area contributed by atoms with Crippen LogP contribution in [-0.2, 0) is 16.0 Å². The third kappa shape index (κ3) is 5.73. The molecule has 1 aromatic carbocycles. The molecule has 0 bridgehead atoms. The maximum atomic E-state index is 12.2. The molecule has 2 heterocycles. The summed E-state index contributed by atoms with van der Waals surface area (Å²) in [5.74, 6) is 1.02. The molecule has 6 heteroatoms. The van der Waals surface area contributed by atoms with Crippen LogP contribution in [0.4, 0.5) is 0 Å². The van der Waals surface area contributed by atoms with Gasteiger partial charge in [-0.3, -0.25) is 9.59 Å². The smallest absolute Gasteiger partial charge is 0.246 e. The average molecular weight is 387 g/mol. The number of amides is 2. The molecule has 0 spiro atoms. The maximum absolute atomic E-state index is 12.2. The van der Waals surface area contributed by atoms with Gasteiger partial charge in [-0.1, -0.05) is 29.8 Å². The highest BCUT2D eigenvalue weighted by Gasteiger charge is 2.22. The molecule has 2 aromatic rings. The van der Waals surface area contributed by atoms with Gasteiger partial charge in [0.15, 0.2) is 0 Å². The number of likely N-dealkylation sites (tertiary alicyclic amines) is 1. The van der Waals surface area contributed by atoms with Crippen LogP contribution in [0.15, 0.2) is 53.2 Å². The number of benzene rings is 1. The number of rotatable bonds is 6. The summed E-state index contributed by atoms with van der Waals surface area (Å²) in [5.41, 5.74) is 0.834. The van der Waals surface area contributed by atoms with Crippen LogP contribution >= 0.6 is 11.6 Å². The number of halogens is 1. The van der Waals surface area contributed by atoms with Crippen LogP contribution in [-0.4, -0.2) is 36.3 Å². The number of hydrogen-bond acceptors (Lipinski definition) is 3. The van der Waals surface area contributed by atoms with E-state index < -0.39 is 0 Å². The average Bonchev–Trinajstić information content (AvgIpc) is 3.20. The minimum Gasteiger partial charge on any atom is -0.465 e. The lowest BCUT2D eigenvalue weighted by molar-refractivity contribution is -0.127. The first-order chi connectivity index (χ1) is 13.1. The summed E-state index contributed by atoms with van der Waals surface area (Å²) in [4.78, 5) is 26.2. The van der Waals surface area contributed by atoms with Crippen LogP contribution in [0, 0.1) is 5.92 Å². The molecule has 0 radical (unpaired) electrons. The number of carbonyl (C=O) groups is 2. The topological polar surface area (TPSA) is 62.6 Å². The van der Waals surface area contributed by atoms with Crippen LogP contribution in [0.1, 0.15) is 24.2 Å². The molecular weight excluding hydrogens is 364 g/mol. The van der Waals surface area contributed by atoms with Crippen molar-refractivity contribution in [1.29, 1.82) is 0 Å². The summed E-state index contributed by atoms with van der Waals surface area (Å²) < 4.78 is 5.19. The van der Waals surface area contributed by atoms with E-state index in [1.54, 1.807) is 36.6 Å². The first kappa shape index (κ1) is 19.2. The Bertz CT molecular complexity index is 794. The molecule has 0 saturated carbocycles. The Morgan fingerprint density at radius 3 is 2.67 bits per heavy atom. The minimum absolute atomic E-state index is 0.00685. The summed E-state index contributed by atoms with van der Waals surface area (Å²) in [5, 5.41) is 3.60. The second-order valence-electron chi connectivity index (χ2n) is 6.69. The van der Waals surface area contributed by atoms with E-state index in [9.17, 15) is 9.59 Å². The van der Waals surface area contributed by atoms with Crippen LogP contribution in [0.2, 0.25) is 5.02 Å². The van der Waals surface area contributed by atoms with Gasteiger partial charge in [0.25, 0.3) is 0 Å². The molecule has 5 nitrogen and oxygen atoms in total. The van der Waals surface area contributed by atoms with E-state index in [-0.39, 0.29) is 18.2 Å². The van der Waals surface area contributed by atoms with Crippen LogP contribution in [0.3, 0.4) is 0 Å². The Morgan fingerprint density at radius 2 is 1.96 bits per heavy atom. The Kier molecular flexibility index (Phi) is 6.71. The van der Waals surface area contributed by atoms with Gasteiger partial charge in [-0.2, -0.15) is 0 Å². The molecular formula is C21H23ClN2O3. The summed E-state index contributed by atoms with van der Waals surface area (Å²) >= 11 is 6.09. The van der Waals surface area contributed by atoms with Crippen LogP contribution in [0.25, 0.3) is 6.08 Å². The lowest BCUT2D eigenvalue weighted by Crippen LogP contribution is -2.41. The first-order valence-electron chi connectivity index (χ1n) is 9.12. The van der Waals surface area contributed by atoms with Crippen molar-refractivity contribution in [2.45, 2.75) is 19.3 Å². The van der Waals surface area contributed by atoms with Crippen molar-refractivity contribution in [3.05, 3.63) is 65.1 Å². The van der Waals surface area contributed by atoms with E-state index in [0.717, 1.165) is 18.4 Å². The van der Waals surface area contributed by atoms with Gasteiger partial charge < -0.3 is 14.6 Å². The zero-order chi connectivity index (χ0) is 19.1. The molecule has 2 amide bonds. The molecule has 1 saturated heterocycles. The standard InChI is InChI=1S/C21H23ClN2O3/c22-19-6-2-1-4-17(19)14-20(25)23-15-16-9-11-24(12-10-16)21(26)8-7-18-5-3-13-27-18/h1-8,13,16H,9-12,14-15H2,(H,23,25). The van der Waals surface area contributed by atoms with Crippen LogP contribution < -0.4 is 5.32 Å². The number of carbonyl (C=O) groups excluding carboxylic acids is 2. The second kappa shape index (κ2) is 9.42. The normalized spacial score (nSPS) is 15.2. The van der Waals surface area contributed by atoms with E-state index in [4.69, 9.17) is 16.0 Å². The number of hydrogen-bond donors (Lipinski definition) is 1. The summed E-state index contributed by atoms with van der Waals surface area (Å²) in [6.07, 6.45) is 6.86. The van der Waals surface area contributed by atoms with Gasteiger partial charge in [-0.25, -0.2) is 0 Å². The van der Waals surface area contributed by atoms with Gasteiger partial charge in [-0.05, 0) is 48.6 Å². The van der Waals surface area contributed by atoms with E-state index >= 15 is 0 Å². The quantitative estimate of drug-likeness (QED) is 0.772. The van der Waals surface area contributed by atoms with Crippen molar-refractivity contribution < 1.29 is 14.0 Å². The summed E-state index contributed by atoms with van der Waals surface area (Å²) in [6, 6.07) is 11.0. The Labute approximate surface area is 164 Å². The predicted octanol–water partition coefficient (Wildman–Crippen LogP) is 3.54. The lowest BCUT2D eigenvalue weighted by atomic mass is 9.96. The molecule has 0 unspecified atom stereocenters. The van der Waals surface area contributed by atoms with E-state index in [2.05, 4.69) is 5.32 Å². The zero-order valence-electron chi connectivity index (χ0n) is 15.1. The molecule has 0 aliphatic carbocycles. The van der Waals surface area contributed by atoms with Crippen molar-refractivity contribution in [3.63, 3.8) is 0 Å². The molecule has 1 N–H and O–H groups in total. The van der Waals surface area contributed by atoms with E-state index in [1.165, 1.54) is 0 Å². The second-order valence-corrected chi connectivity index (χ2v) is 7.10. The first-order valence-corrected chi connectivity index (χ1v) is 9.50. The monoisotopic (exact) mass is 386 g/mol.